The number of nitrogens with one attached hydrogen (secondary N) is 1. The van der Waals surface area contributed by atoms with Gasteiger partial charge in [0, 0.05) is 12.6 Å². The lowest BCUT2D eigenvalue weighted by atomic mass is 9.84. The largest absolute Gasteiger partial charge is 0.396 e. The molecule has 0 radical (unpaired) electrons. The molecule has 4 N–H and O–H groups in total. The van der Waals surface area contributed by atoms with Gasteiger partial charge in [-0.25, -0.2) is 0 Å². The van der Waals surface area contributed by atoms with E-state index in [1.807, 2.05) is 51.1 Å². The average molecular weight is 292 g/mol. The molecular formula is C17H28N2O2. The van der Waals surface area contributed by atoms with Crippen molar-refractivity contribution in [3.63, 3.8) is 0 Å². The Morgan fingerprint density at radius 1 is 1.24 bits per heavy atom. The van der Waals surface area contributed by atoms with Gasteiger partial charge in [-0.2, -0.15) is 0 Å². The van der Waals surface area contributed by atoms with Crippen molar-refractivity contribution in [3.8, 4) is 0 Å². The molecule has 21 heavy (non-hydrogen) atoms. The summed E-state index contributed by atoms with van der Waals surface area (Å²) in [5, 5.41) is 12.1. The topological polar surface area (TPSA) is 75.3 Å². The molecule has 0 spiro atoms. The monoisotopic (exact) mass is 292 g/mol. The minimum absolute atomic E-state index is 0.0570. The van der Waals surface area contributed by atoms with E-state index in [1.54, 1.807) is 0 Å². The normalized spacial score (nSPS) is 14.5. The standard InChI is InChI=1S/C17H28N2O2/c1-17(2,3)15(11-12-20)19-16(21)14(18)10-9-13-7-5-4-6-8-13/h4-8,14-15,20H,9-12,18H2,1-3H3,(H,19,21)/t14-,15?/m0/s1. The number of carbonyl (C=O) groups excluding carboxylic acids is 1. The number of hydrogen-bond donors (Lipinski definition) is 3. The van der Waals surface area contributed by atoms with E-state index < -0.39 is 6.04 Å². The molecule has 2 atom stereocenters. The molecule has 1 rings (SSSR count). The second kappa shape index (κ2) is 8.15. The molecule has 0 aliphatic rings. The summed E-state index contributed by atoms with van der Waals surface area (Å²) in [5.41, 5.74) is 7.06. The average Bonchev–Trinajstić information content (AvgIpc) is 2.44. The number of nitrogens with two attached hydrogens (primary N) is 1. The maximum absolute atomic E-state index is 12.2. The van der Waals surface area contributed by atoms with Crippen molar-refractivity contribution in [1.82, 2.24) is 5.32 Å². The van der Waals surface area contributed by atoms with Gasteiger partial charge in [-0.15, -0.1) is 0 Å². The summed E-state index contributed by atoms with van der Waals surface area (Å²) in [6, 6.07) is 9.42. The lowest BCUT2D eigenvalue weighted by Gasteiger charge is -2.32. The van der Waals surface area contributed by atoms with Crippen LogP contribution >= 0.6 is 0 Å². The molecule has 0 saturated heterocycles. The third kappa shape index (κ3) is 6.27. The minimum atomic E-state index is -0.520. The zero-order chi connectivity index (χ0) is 15.9. The first-order chi connectivity index (χ1) is 9.84. The first kappa shape index (κ1) is 17.7. The number of amides is 1. The van der Waals surface area contributed by atoms with E-state index in [2.05, 4.69) is 5.32 Å². The summed E-state index contributed by atoms with van der Waals surface area (Å²) in [7, 11) is 0. The van der Waals surface area contributed by atoms with Crippen LogP contribution in [0.15, 0.2) is 30.3 Å². The highest BCUT2D eigenvalue weighted by atomic mass is 16.3. The molecule has 118 valence electrons. The van der Waals surface area contributed by atoms with Gasteiger partial charge in [0.05, 0.1) is 6.04 Å². The quantitative estimate of drug-likeness (QED) is 0.718. The predicted octanol–water partition coefficient (Wildman–Crippen LogP) is 1.86. The predicted molar refractivity (Wildman–Crippen MR) is 85.8 cm³/mol. The van der Waals surface area contributed by atoms with Crippen molar-refractivity contribution < 1.29 is 9.90 Å². The summed E-state index contributed by atoms with van der Waals surface area (Å²) < 4.78 is 0. The molecule has 0 aliphatic carbocycles. The summed E-state index contributed by atoms with van der Waals surface area (Å²) >= 11 is 0. The Hall–Kier alpha value is -1.39. The Labute approximate surface area is 127 Å². The van der Waals surface area contributed by atoms with Crippen molar-refractivity contribution in [2.75, 3.05) is 6.61 Å². The highest BCUT2D eigenvalue weighted by molar-refractivity contribution is 5.81. The fourth-order valence-corrected chi connectivity index (χ4v) is 2.23. The van der Waals surface area contributed by atoms with Crippen molar-refractivity contribution in [2.45, 2.75) is 52.1 Å². The van der Waals surface area contributed by atoms with Crippen molar-refractivity contribution in [2.24, 2.45) is 11.1 Å². The summed E-state index contributed by atoms with van der Waals surface area (Å²) in [4.78, 5) is 12.2. The van der Waals surface area contributed by atoms with Crippen LogP contribution in [-0.4, -0.2) is 29.7 Å². The molecule has 0 aromatic heterocycles. The second-order valence-electron chi connectivity index (χ2n) is 6.57. The van der Waals surface area contributed by atoms with Crippen LogP contribution in [0.2, 0.25) is 0 Å². The zero-order valence-electron chi connectivity index (χ0n) is 13.3. The van der Waals surface area contributed by atoms with E-state index in [4.69, 9.17) is 10.8 Å². The first-order valence-corrected chi connectivity index (χ1v) is 7.55. The Kier molecular flexibility index (Phi) is 6.85. The fraction of sp³-hybridized carbons (Fsp3) is 0.588. The third-order valence-corrected chi connectivity index (χ3v) is 3.70. The van der Waals surface area contributed by atoms with E-state index in [0.717, 1.165) is 6.42 Å². The van der Waals surface area contributed by atoms with Crippen LogP contribution in [0.5, 0.6) is 0 Å². The molecule has 0 bridgehead atoms. The van der Waals surface area contributed by atoms with Gasteiger partial charge < -0.3 is 16.2 Å². The fourth-order valence-electron chi connectivity index (χ4n) is 2.23. The molecule has 1 amide bonds. The lowest BCUT2D eigenvalue weighted by molar-refractivity contribution is -0.124. The molecule has 0 heterocycles. The smallest absolute Gasteiger partial charge is 0.237 e. The highest BCUT2D eigenvalue weighted by Gasteiger charge is 2.27. The SMILES string of the molecule is CC(C)(C)C(CCO)NC(=O)[C@@H](N)CCc1ccccc1. The van der Waals surface area contributed by atoms with Crippen LogP contribution in [0.3, 0.4) is 0 Å². The number of rotatable bonds is 7. The molecule has 0 fully saturated rings. The zero-order valence-corrected chi connectivity index (χ0v) is 13.3. The highest BCUT2D eigenvalue weighted by Crippen LogP contribution is 2.21. The van der Waals surface area contributed by atoms with E-state index >= 15 is 0 Å². The molecule has 0 aliphatic heterocycles. The Bertz CT molecular complexity index is 426. The summed E-state index contributed by atoms with van der Waals surface area (Å²) in [5.74, 6) is -0.140. The van der Waals surface area contributed by atoms with E-state index in [9.17, 15) is 4.79 Å². The Morgan fingerprint density at radius 3 is 2.38 bits per heavy atom. The number of hydrogen-bond acceptors (Lipinski definition) is 3. The molecular weight excluding hydrogens is 264 g/mol. The van der Waals surface area contributed by atoms with Gasteiger partial charge in [-0.1, -0.05) is 51.1 Å². The molecule has 4 heteroatoms. The second-order valence-corrected chi connectivity index (χ2v) is 6.57. The van der Waals surface area contributed by atoms with Gasteiger partial charge in [0.15, 0.2) is 0 Å². The number of aryl methyl sites for hydroxylation is 1. The van der Waals surface area contributed by atoms with Gasteiger partial charge in [0.25, 0.3) is 0 Å². The van der Waals surface area contributed by atoms with Crippen molar-refractivity contribution >= 4 is 5.91 Å². The van der Waals surface area contributed by atoms with Gasteiger partial charge in [0.1, 0.15) is 0 Å². The third-order valence-electron chi connectivity index (χ3n) is 3.70. The number of aliphatic hydroxyl groups is 1. The number of aliphatic hydroxyl groups excluding tert-OH is 1. The van der Waals surface area contributed by atoms with Crippen molar-refractivity contribution in [3.05, 3.63) is 35.9 Å². The van der Waals surface area contributed by atoms with Crippen LogP contribution in [0, 0.1) is 5.41 Å². The maximum Gasteiger partial charge on any atom is 0.237 e. The summed E-state index contributed by atoms with van der Waals surface area (Å²) in [6.45, 7) is 6.19. The number of carbonyl (C=O) groups is 1. The molecule has 1 unspecified atom stereocenters. The van der Waals surface area contributed by atoms with Gasteiger partial charge in [-0.3, -0.25) is 4.79 Å². The van der Waals surface area contributed by atoms with E-state index in [0.29, 0.717) is 12.8 Å². The van der Waals surface area contributed by atoms with Crippen LogP contribution in [0.25, 0.3) is 0 Å². The molecule has 1 aromatic rings. The van der Waals surface area contributed by atoms with E-state index in [-0.39, 0.29) is 24.0 Å². The lowest BCUT2D eigenvalue weighted by Crippen LogP contribution is -2.50. The van der Waals surface area contributed by atoms with Gasteiger partial charge >= 0.3 is 0 Å². The van der Waals surface area contributed by atoms with Crippen LogP contribution in [-0.2, 0) is 11.2 Å². The van der Waals surface area contributed by atoms with E-state index in [1.165, 1.54) is 5.56 Å². The maximum atomic E-state index is 12.2. The van der Waals surface area contributed by atoms with Crippen molar-refractivity contribution in [1.29, 1.82) is 0 Å². The van der Waals surface area contributed by atoms with Crippen LogP contribution < -0.4 is 11.1 Å². The first-order valence-electron chi connectivity index (χ1n) is 7.55. The summed E-state index contributed by atoms with van der Waals surface area (Å²) in [6.07, 6.45) is 1.95. The van der Waals surface area contributed by atoms with Crippen LogP contribution in [0.4, 0.5) is 0 Å². The Morgan fingerprint density at radius 2 is 1.86 bits per heavy atom. The molecule has 1 aromatic carbocycles. The van der Waals surface area contributed by atoms with Crippen LogP contribution in [0.1, 0.15) is 39.2 Å². The molecule has 0 saturated carbocycles. The number of benzene rings is 1. The minimum Gasteiger partial charge on any atom is -0.396 e. The Balaban J connectivity index is 2.49. The molecule has 4 nitrogen and oxygen atoms in total. The van der Waals surface area contributed by atoms with Gasteiger partial charge in [0.2, 0.25) is 5.91 Å². The van der Waals surface area contributed by atoms with Gasteiger partial charge in [-0.05, 0) is 30.2 Å².